The Bertz CT molecular complexity index is 682. The minimum atomic E-state index is 0.322. The van der Waals surface area contributed by atoms with Crippen molar-refractivity contribution in [3.63, 3.8) is 0 Å². The Kier molecular flexibility index (Phi) is 6.50. The fourth-order valence-corrected chi connectivity index (χ4v) is 2.94. The van der Waals surface area contributed by atoms with Gasteiger partial charge in [0.1, 0.15) is 5.75 Å². The van der Waals surface area contributed by atoms with E-state index < -0.39 is 0 Å². The van der Waals surface area contributed by atoms with Crippen molar-refractivity contribution >= 4 is 45.2 Å². The predicted octanol–water partition coefficient (Wildman–Crippen LogP) is 5.96. The number of halogens is 2. The molecule has 0 aliphatic carbocycles. The first kappa shape index (κ1) is 16.3. The zero-order valence-corrected chi connectivity index (χ0v) is 15.5. The lowest BCUT2D eigenvalue weighted by Crippen LogP contribution is -1.85. The minimum Gasteiger partial charge on any atom is -0.508 e. The summed E-state index contributed by atoms with van der Waals surface area (Å²) in [6, 6.07) is 25.6. The second kappa shape index (κ2) is 8.38. The molecule has 21 heavy (non-hydrogen) atoms. The van der Waals surface area contributed by atoms with Gasteiger partial charge in [-0.3, -0.25) is 0 Å². The highest BCUT2D eigenvalue weighted by Gasteiger charge is 2.04. The van der Waals surface area contributed by atoms with E-state index in [2.05, 4.69) is 87.6 Å². The second-order valence-corrected chi connectivity index (χ2v) is 6.54. The van der Waals surface area contributed by atoms with Gasteiger partial charge in [-0.1, -0.05) is 60.7 Å². The molecule has 0 aliphatic heterocycles. The topological polar surface area (TPSA) is 20.2 Å². The number of phenols is 1. The number of benzene rings is 3. The minimum absolute atomic E-state index is 0.322. The average molecular weight is 500 g/mol. The van der Waals surface area contributed by atoms with E-state index in [1.807, 2.05) is 12.1 Å². The summed E-state index contributed by atoms with van der Waals surface area (Å²) in [5.74, 6) is 0.322. The van der Waals surface area contributed by atoms with Crippen molar-refractivity contribution in [1.82, 2.24) is 0 Å². The monoisotopic (exact) mass is 500 g/mol. The van der Waals surface area contributed by atoms with Crippen LogP contribution in [0.3, 0.4) is 0 Å². The van der Waals surface area contributed by atoms with Crippen LogP contribution in [0.4, 0.5) is 0 Å². The number of rotatable bonds is 1. The molecule has 1 N–H and O–H groups in total. The van der Waals surface area contributed by atoms with E-state index >= 15 is 0 Å². The molecule has 3 aromatic rings. The first-order valence-corrected chi connectivity index (χ1v) is 8.57. The van der Waals surface area contributed by atoms with Gasteiger partial charge in [0.05, 0.1) is 0 Å². The SMILES string of the molecule is Ic1cccc(-c2ccccc2)c1I.Oc1ccccc1. The standard InChI is InChI=1S/C12H8I2.C6H6O/c13-11-8-4-7-10(12(11)14)9-5-2-1-3-6-9;7-6-4-2-1-3-5-6/h1-8H;1-5,7H. The van der Waals surface area contributed by atoms with Crippen molar-refractivity contribution in [3.8, 4) is 16.9 Å². The van der Waals surface area contributed by atoms with Crippen molar-refractivity contribution in [2.45, 2.75) is 0 Å². The van der Waals surface area contributed by atoms with Gasteiger partial charge in [0.2, 0.25) is 0 Å². The molecule has 0 atom stereocenters. The molecule has 0 spiro atoms. The van der Waals surface area contributed by atoms with E-state index in [0.717, 1.165) is 0 Å². The summed E-state index contributed by atoms with van der Waals surface area (Å²) in [4.78, 5) is 0. The van der Waals surface area contributed by atoms with Crippen LogP contribution in [0.2, 0.25) is 0 Å². The Hall–Kier alpha value is -1.08. The largest absolute Gasteiger partial charge is 0.508 e. The summed E-state index contributed by atoms with van der Waals surface area (Å²) in [7, 11) is 0. The van der Waals surface area contributed by atoms with Gasteiger partial charge < -0.3 is 5.11 Å². The summed E-state index contributed by atoms with van der Waals surface area (Å²) in [6.45, 7) is 0. The van der Waals surface area contributed by atoms with Gasteiger partial charge >= 0.3 is 0 Å². The molecule has 0 aliphatic rings. The molecule has 1 nitrogen and oxygen atoms in total. The van der Waals surface area contributed by atoms with Gasteiger partial charge in [-0.15, -0.1) is 0 Å². The lowest BCUT2D eigenvalue weighted by atomic mass is 10.1. The van der Waals surface area contributed by atoms with E-state index in [1.165, 1.54) is 18.3 Å². The molecule has 0 fully saturated rings. The lowest BCUT2D eigenvalue weighted by Gasteiger charge is -2.05. The molecule has 0 radical (unpaired) electrons. The van der Waals surface area contributed by atoms with Crippen LogP contribution in [0.1, 0.15) is 0 Å². The zero-order valence-electron chi connectivity index (χ0n) is 11.2. The molecular weight excluding hydrogens is 486 g/mol. The van der Waals surface area contributed by atoms with Gasteiger partial charge in [-0.25, -0.2) is 0 Å². The summed E-state index contributed by atoms with van der Waals surface area (Å²) in [5, 5.41) is 8.63. The van der Waals surface area contributed by atoms with Gasteiger partial charge in [-0.2, -0.15) is 0 Å². The molecule has 106 valence electrons. The molecule has 3 rings (SSSR count). The molecule has 3 heteroatoms. The molecular formula is C18H14I2O. The van der Waals surface area contributed by atoms with E-state index in [4.69, 9.17) is 5.11 Å². The number of hydrogen-bond donors (Lipinski definition) is 1. The first-order chi connectivity index (χ1) is 10.2. The number of hydrogen-bond acceptors (Lipinski definition) is 1. The molecule has 3 aromatic carbocycles. The van der Waals surface area contributed by atoms with Gasteiger partial charge in [0.25, 0.3) is 0 Å². The fraction of sp³-hybridized carbons (Fsp3) is 0. The highest BCUT2D eigenvalue weighted by Crippen LogP contribution is 2.28. The van der Waals surface area contributed by atoms with Crippen LogP contribution in [-0.2, 0) is 0 Å². The van der Waals surface area contributed by atoms with Gasteiger partial charge in [0.15, 0.2) is 0 Å². The van der Waals surface area contributed by atoms with E-state index in [-0.39, 0.29) is 0 Å². The van der Waals surface area contributed by atoms with Crippen LogP contribution >= 0.6 is 45.2 Å². The van der Waals surface area contributed by atoms with Crippen molar-refractivity contribution in [2.24, 2.45) is 0 Å². The zero-order chi connectivity index (χ0) is 15.1. The third kappa shape index (κ3) is 5.00. The highest BCUT2D eigenvalue weighted by atomic mass is 127. The van der Waals surface area contributed by atoms with Crippen LogP contribution in [0.15, 0.2) is 78.9 Å². The van der Waals surface area contributed by atoms with E-state index in [9.17, 15) is 0 Å². The van der Waals surface area contributed by atoms with Crippen LogP contribution in [-0.4, -0.2) is 5.11 Å². The molecule has 0 amide bonds. The maximum Gasteiger partial charge on any atom is 0.115 e. The third-order valence-electron chi connectivity index (χ3n) is 2.79. The Labute approximate surface area is 152 Å². The smallest absolute Gasteiger partial charge is 0.115 e. The maximum absolute atomic E-state index is 8.63. The Morgan fingerprint density at radius 2 is 1.19 bits per heavy atom. The van der Waals surface area contributed by atoms with Crippen LogP contribution in [0, 0.1) is 7.14 Å². The number of aromatic hydroxyl groups is 1. The highest BCUT2D eigenvalue weighted by molar-refractivity contribution is 14.1. The average Bonchev–Trinajstić information content (AvgIpc) is 2.52. The van der Waals surface area contributed by atoms with E-state index in [0.29, 0.717) is 5.75 Å². The van der Waals surface area contributed by atoms with Crippen molar-refractivity contribution < 1.29 is 5.11 Å². The third-order valence-corrected chi connectivity index (χ3v) is 5.89. The molecule has 0 heterocycles. The fourth-order valence-electron chi connectivity index (χ4n) is 1.77. The summed E-state index contributed by atoms with van der Waals surface area (Å²) in [5.41, 5.74) is 2.61. The van der Waals surface area contributed by atoms with Crippen molar-refractivity contribution in [2.75, 3.05) is 0 Å². The normalized spacial score (nSPS) is 9.62. The van der Waals surface area contributed by atoms with Crippen molar-refractivity contribution in [3.05, 3.63) is 86.0 Å². The maximum atomic E-state index is 8.63. The Morgan fingerprint density at radius 1 is 0.619 bits per heavy atom. The summed E-state index contributed by atoms with van der Waals surface area (Å²) in [6.07, 6.45) is 0. The summed E-state index contributed by atoms with van der Waals surface area (Å²) < 4.78 is 2.64. The van der Waals surface area contributed by atoms with Crippen LogP contribution in [0.5, 0.6) is 5.75 Å². The Balaban J connectivity index is 0.000000194. The van der Waals surface area contributed by atoms with E-state index in [1.54, 1.807) is 24.3 Å². The number of para-hydroxylation sites is 1. The quantitative estimate of drug-likeness (QED) is 0.410. The van der Waals surface area contributed by atoms with Crippen molar-refractivity contribution in [1.29, 1.82) is 0 Å². The molecule has 0 aromatic heterocycles. The first-order valence-electron chi connectivity index (χ1n) is 6.42. The van der Waals surface area contributed by atoms with Gasteiger partial charge in [0, 0.05) is 7.14 Å². The van der Waals surface area contributed by atoms with Crippen LogP contribution < -0.4 is 0 Å². The summed E-state index contributed by atoms with van der Waals surface area (Å²) >= 11 is 4.77. The molecule has 0 unspecified atom stereocenters. The molecule has 0 saturated heterocycles. The molecule has 0 saturated carbocycles. The number of phenolic OH excluding ortho intramolecular Hbond substituents is 1. The Morgan fingerprint density at radius 3 is 1.71 bits per heavy atom. The van der Waals surface area contributed by atoms with Crippen LogP contribution in [0.25, 0.3) is 11.1 Å². The lowest BCUT2D eigenvalue weighted by molar-refractivity contribution is 0.475. The second-order valence-electron chi connectivity index (χ2n) is 4.30. The predicted molar refractivity (Wildman–Crippen MR) is 105 cm³/mol. The molecule has 0 bridgehead atoms. The van der Waals surface area contributed by atoms with Gasteiger partial charge in [-0.05, 0) is 74.5 Å².